The van der Waals surface area contributed by atoms with Crippen LogP contribution in [0.3, 0.4) is 0 Å². The van der Waals surface area contributed by atoms with E-state index in [1.54, 1.807) is 6.07 Å². The van der Waals surface area contributed by atoms with Crippen molar-refractivity contribution in [2.24, 2.45) is 11.8 Å². The highest BCUT2D eigenvalue weighted by atomic mass is 79.9. The second-order valence-electron chi connectivity index (χ2n) is 4.94. The SMILES string of the molecule is Fc1cc(Br)cc(CC(CCl)C2CCCC2)c1. The summed E-state index contributed by atoms with van der Waals surface area (Å²) in [5, 5.41) is 0. The zero-order chi connectivity index (χ0) is 12.3. The highest BCUT2D eigenvalue weighted by Gasteiger charge is 2.24. The topological polar surface area (TPSA) is 0 Å². The molecule has 0 N–H and O–H groups in total. The minimum Gasteiger partial charge on any atom is -0.207 e. The molecule has 17 heavy (non-hydrogen) atoms. The maximum absolute atomic E-state index is 13.3. The lowest BCUT2D eigenvalue weighted by Gasteiger charge is -2.21. The fourth-order valence-corrected chi connectivity index (χ4v) is 3.68. The molecule has 0 amide bonds. The first-order valence-electron chi connectivity index (χ1n) is 6.20. The van der Waals surface area contributed by atoms with E-state index < -0.39 is 0 Å². The fraction of sp³-hybridized carbons (Fsp3) is 0.571. The van der Waals surface area contributed by atoms with Crippen molar-refractivity contribution < 1.29 is 4.39 Å². The number of hydrogen-bond donors (Lipinski definition) is 0. The van der Waals surface area contributed by atoms with Crippen molar-refractivity contribution in [1.82, 2.24) is 0 Å². The van der Waals surface area contributed by atoms with Crippen molar-refractivity contribution in [3.63, 3.8) is 0 Å². The minimum absolute atomic E-state index is 0.172. The van der Waals surface area contributed by atoms with E-state index in [4.69, 9.17) is 11.6 Å². The molecule has 1 saturated carbocycles. The lowest BCUT2D eigenvalue weighted by Crippen LogP contribution is -2.16. The maximum Gasteiger partial charge on any atom is 0.124 e. The second kappa shape index (κ2) is 6.19. The molecular formula is C14H17BrClF. The molecule has 0 heterocycles. The first-order valence-corrected chi connectivity index (χ1v) is 7.52. The molecule has 94 valence electrons. The summed E-state index contributed by atoms with van der Waals surface area (Å²) in [6.07, 6.45) is 6.11. The Labute approximate surface area is 116 Å². The molecule has 0 saturated heterocycles. The Hall–Kier alpha value is -0.0800. The van der Waals surface area contributed by atoms with Gasteiger partial charge in [-0.15, -0.1) is 11.6 Å². The summed E-state index contributed by atoms with van der Waals surface area (Å²) in [5.74, 6) is 1.73. The van der Waals surface area contributed by atoms with Crippen LogP contribution in [0.4, 0.5) is 4.39 Å². The Kier molecular flexibility index (Phi) is 4.87. The number of hydrogen-bond acceptors (Lipinski definition) is 0. The van der Waals surface area contributed by atoms with Crippen LogP contribution in [0.5, 0.6) is 0 Å². The first kappa shape index (κ1) is 13.4. The molecular weight excluding hydrogens is 303 g/mol. The molecule has 1 aromatic carbocycles. The Morgan fingerprint density at radius 2 is 2.00 bits per heavy atom. The summed E-state index contributed by atoms with van der Waals surface area (Å²) in [5.41, 5.74) is 1.05. The average Bonchev–Trinajstić information content (AvgIpc) is 2.77. The van der Waals surface area contributed by atoms with Gasteiger partial charge in [0.15, 0.2) is 0 Å². The quantitative estimate of drug-likeness (QED) is 0.671. The number of benzene rings is 1. The van der Waals surface area contributed by atoms with Crippen LogP contribution in [0.15, 0.2) is 22.7 Å². The van der Waals surface area contributed by atoms with E-state index in [2.05, 4.69) is 15.9 Å². The van der Waals surface area contributed by atoms with Crippen LogP contribution in [0.2, 0.25) is 0 Å². The van der Waals surface area contributed by atoms with Crippen LogP contribution in [0.1, 0.15) is 31.2 Å². The predicted octanol–water partition coefficient (Wildman–Crippen LogP) is 5.18. The van der Waals surface area contributed by atoms with Crippen LogP contribution in [0, 0.1) is 17.7 Å². The van der Waals surface area contributed by atoms with Gasteiger partial charge in [-0.1, -0.05) is 41.6 Å². The van der Waals surface area contributed by atoms with Crippen molar-refractivity contribution in [1.29, 1.82) is 0 Å². The van der Waals surface area contributed by atoms with Crippen LogP contribution in [-0.4, -0.2) is 5.88 Å². The normalized spacial score (nSPS) is 18.5. The third-order valence-corrected chi connectivity index (χ3v) is 4.54. The maximum atomic E-state index is 13.3. The Morgan fingerprint density at radius 1 is 1.29 bits per heavy atom. The lowest BCUT2D eigenvalue weighted by atomic mass is 9.87. The van der Waals surface area contributed by atoms with Gasteiger partial charge in [0, 0.05) is 10.4 Å². The molecule has 1 fully saturated rings. The summed E-state index contributed by atoms with van der Waals surface area (Å²) in [7, 11) is 0. The van der Waals surface area contributed by atoms with E-state index in [1.807, 2.05) is 6.07 Å². The monoisotopic (exact) mass is 318 g/mol. The van der Waals surface area contributed by atoms with E-state index in [1.165, 1.54) is 31.7 Å². The van der Waals surface area contributed by atoms with Crippen molar-refractivity contribution >= 4 is 27.5 Å². The van der Waals surface area contributed by atoms with Crippen molar-refractivity contribution in [2.45, 2.75) is 32.1 Å². The van der Waals surface area contributed by atoms with E-state index >= 15 is 0 Å². The third-order valence-electron chi connectivity index (χ3n) is 3.68. The molecule has 0 aliphatic heterocycles. The van der Waals surface area contributed by atoms with Gasteiger partial charge in [0.2, 0.25) is 0 Å². The zero-order valence-corrected chi connectivity index (χ0v) is 12.1. The van der Waals surface area contributed by atoms with Gasteiger partial charge in [-0.25, -0.2) is 4.39 Å². The molecule has 2 rings (SSSR count). The molecule has 3 heteroatoms. The molecule has 0 bridgehead atoms. The van der Waals surface area contributed by atoms with Crippen molar-refractivity contribution in [3.05, 3.63) is 34.1 Å². The van der Waals surface area contributed by atoms with Gasteiger partial charge in [-0.2, -0.15) is 0 Å². The lowest BCUT2D eigenvalue weighted by molar-refractivity contribution is 0.369. The molecule has 0 aromatic heterocycles. The predicted molar refractivity (Wildman–Crippen MR) is 74.0 cm³/mol. The average molecular weight is 320 g/mol. The number of halogens is 3. The van der Waals surface area contributed by atoms with Crippen LogP contribution in [0.25, 0.3) is 0 Å². The zero-order valence-electron chi connectivity index (χ0n) is 9.76. The van der Waals surface area contributed by atoms with Gasteiger partial charge < -0.3 is 0 Å². The highest BCUT2D eigenvalue weighted by Crippen LogP contribution is 2.34. The Bertz CT molecular complexity index is 354. The molecule has 1 atom stereocenters. The molecule has 1 unspecified atom stereocenters. The number of alkyl halides is 1. The van der Waals surface area contributed by atoms with E-state index in [-0.39, 0.29) is 5.82 Å². The van der Waals surface area contributed by atoms with E-state index in [9.17, 15) is 4.39 Å². The molecule has 0 radical (unpaired) electrons. The Morgan fingerprint density at radius 3 is 2.59 bits per heavy atom. The summed E-state index contributed by atoms with van der Waals surface area (Å²) in [4.78, 5) is 0. The van der Waals surface area contributed by atoms with Gasteiger partial charge >= 0.3 is 0 Å². The van der Waals surface area contributed by atoms with Gasteiger partial charge in [0.1, 0.15) is 5.82 Å². The number of rotatable bonds is 4. The van der Waals surface area contributed by atoms with Gasteiger partial charge in [-0.3, -0.25) is 0 Å². The molecule has 1 aliphatic rings. The minimum atomic E-state index is -0.172. The van der Waals surface area contributed by atoms with Crippen LogP contribution in [-0.2, 0) is 6.42 Å². The summed E-state index contributed by atoms with van der Waals surface area (Å²) < 4.78 is 14.1. The van der Waals surface area contributed by atoms with Crippen LogP contribution < -0.4 is 0 Å². The standard InChI is InChI=1S/C14H17BrClF/c15-13-6-10(7-14(17)8-13)5-12(9-16)11-3-1-2-4-11/h6-8,11-12H,1-5,9H2. The Balaban J connectivity index is 2.06. The van der Waals surface area contributed by atoms with Gasteiger partial charge in [0.05, 0.1) is 0 Å². The van der Waals surface area contributed by atoms with Crippen LogP contribution >= 0.6 is 27.5 Å². The smallest absolute Gasteiger partial charge is 0.124 e. The second-order valence-corrected chi connectivity index (χ2v) is 6.17. The van der Waals surface area contributed by atoms with E-state index in [0.29, 0.717) is 11.8 Å². The van der Waals surface area contributed by atoms with Crippen molar-refractivity contribution in [2.75, 3.05) is 5.88 Å². The van der Waals surface area contributed by atoms with Gasteiger partial charge in [0.25, 0.3) is 0 Å². The highest BCUT2D eigenvalue weighted by molar-refractivity contribution is 9.10. The summed E-state index contributed by atoms with van der Waals surface area (Å²) in [6, 6.07) is 5.12. The van der Waals surface area contributed by atoms with Gasteiger partial charge in [-0.05, 0) is 42.0 Å². The third kappa shape index (κ3) is 3.69. The first-order chi connectivity index (χ1) is 8.19. The molecule has 1 aromatic rings. The summed E-state index contributed by atoms with van der Waals surface area (Å²) in [6.45, 7) is 0. The van der Waals surface area contributed by atoms with Crippen molar-refractivity contribution in [3.8, 4) is 0 Å². The molecule has 0 spiro atoms. The molecule has 1 aliphatic carbocycles. The fourth-order valence-electron chi connectivity index (χ4n) is 2.81. The largest absolute Gasteiger partial charge is 0.207 e. The summed E-state index contributed by atoms with van der Waals surface area (Å²) >= 11 is 9.41. The molecule has 0 nitrogen and oxygen atoms in total. The van der Waals surface area contributed by atoms with E-state index in [0.717, 1.165) is 22.4 Å².